The number of halogens is 1. The monoisotopic (exact) mass is 382 g/mol. The van der Waals surface area contributed by atoms with E-state index in [1.54, 1.807) is 36.0 Å². The summed E-state index contributed by atoms with van der Waals surface area (Å²) in [5, 5.41) is 0. The Morgan fingerprint density at radius 3 is 2.50 bits per heavy atom. The van der Waals surface area contributed by atoms with Gasteiger partial charge in [0.2, 0.25) is 0 Å². The van der Waals surface area contributed by atoms with Crippen LogP contribution in [0.4, 0.5) is 4.39 Å². The Hall–Kier alpha value is -2.73. The molecule has 0 N–H and O–H groups in total. The van der Waals surface area contributed by atoms with Crippen molar-refractivity contribution in [3.8, 4) is 0 Å². The smallest absolute Gasteiger partial charge is 0.255 e. The van der Waals surface area contributed by atoms with Crippen LogP contribution in [-0.2, 0) is 15.1 Å². The van der Waals surface area contributed by atoms with Crippen LogP contribution in [0.3, 0.4) is 0 Å². The van der Waals surface area contributed by atoms with Gasteiger partial charge in [0.1, 0.15) is 5.82 Å². The van der Waals surface area contributed by atoms with Crippen LogP contribution in [0.5, 0.6) is 0 Å². The summed E-state index contributed by atoms with van der Waals surface area (Å²) in [5.74, 6) is -0.679. The number of hydrogen-bond acceptors (Lipinski definition) is 3. The Morgan fingerprint density at radius 1 is 1.11 bits per heavy atom. The lowest BCUT2D eigenvalue weighted by Gasteiger charge is -2.39. The summed E-state index contributed by atoms with van der Waals surface area (Å²) >= 11 is 0. The Labute approximate surface area is 163 Å². The Bertz CT molecular complexity index is 920. The largest absolute Gasteiger partial charge is 0.352 e. The molecule has 0 aromatic heterocycles. The molecule has 1 spiro atoms. The van der Waals surface area contributed by atoms with Crippen molar-refractivity contribution in [2.45, 2.75) is 24.5 Å². The number of piperidine rings is 1. The second kappa shape index (κ2) is 7.02. The summed E-state index contributed by atoms with van der Waals surface area (Å²) in [6, 6.07) is 13.6. The van der Waals surface area contributed by atoms with E-state index in [1.807, 2.05) is 24.3 Å². The molecule has 0 radical (unpaired) electrons. The highest BCUT2D eigenvalue weighted by atomic mass is 19.1. The van der Waals surface area contributed by atoms with Crippen molar-refractivity contribution in [3.05, 3.63) is 71.0 Å². The molecular weight excluding hydrogens is 359 g/mol. The second-order valence-corrected chi connectivity index (χ2v) is 7.61. The quantitative estimate of drug-likeness (QED) is 0.802. The molecular formula is C22H23FN2O3. The normalized spacial score (nSPS) is 20.1. The lowest BCUT2D eigenvalue weighted by Crippen LogP contribution is -2.45. The minimum atomic E-state index is -0.614. The Kier molecular flexibility index (Phi) is 4.67. The molecule has 2 aromatic carbocycles. The predicted octanol–water partition coefficient (Wildman–Crippen LogP) is 3.12. The zero-order valence-electron chi connectivity index (χ0n) is 16.0. The molecule has 0 unspecified atom stereocenters. The van der Waals surface area contributed by atoms with Gasteiger partial charge in [0.15, 0.2) is 6.10 Å². The van der Waals surface area contributed by atoms with Crippen LogP contribution in [-0.4, -0.2) is 48.8 Å². The molecule has 1 saturated heterocycles. The van der Waals surface area contributed by atoms with Crippen LogP contribution in [0.1, 0.15) is 40.4 Å². The summed E-state index contributed by atoms with van der Waals surface area (Å²) in [7, 11) is 3.44. The zero-order chi connectivity index (χ0) is 19.9. The maximum atomic E-state index is 13.5. The number of hydrogen-bond donors (Lipinski definition) is 0. The standard InChI is InChI=1S/C22H23FN2O3/c1-24(2)21(27)19-17-8-3-4-9-18(17)22(28-19)10-12-25(13-11-22)20(26)15-6-5-7-16(23)14-15/h3-9,14,19H,10-13H2,1-2H3/t19-/m1/s1. The van der Waals surface area contributed by atoms with Crippen molar-refractivity contribution < 1.29 is 18.7 Å². The molecule has 2 amide bonds. The van der Waals surface area contributed by atoms with Gasteiger partial charge in [0.05, 0.1) is 5.60 Å². The molecule has 1 fully saturated rings. The van der Waals surface area contributed by atoms with E-state index < -0.39 is 17.5 Å². The first-order chi connectivity index (χ1) is 13.4. The van der Waals surface area contributed by atoms with Crippen molar-refractivity contribution in [1.82, 2.24) is 9.80 Å². The van der Waals surface area contributed by atoms with Crippen molar-refractivity contribution in [2.75, 3.05) is 27.2 Å². The molecule has 2 aliphatic rings. The van der Waals surface area contributed by atoms with Crippen molar-refractivity contribution in [1.29, 1.82) is 0 Å². The number of ether oxygens (including phenoxy) is 1. The fraction of sp³-hybridized carbons (Fsp3) is 0.364. The summed E-state index contributed by atoms with van der Waals surface area (Å²) < 4.78 is 19.8. The number of rotatable bonds is 2. The maximum absolute atomic E-state index is 13.5. The summed E-state index contributed by atoms with van der Waals surface area (Å²) in [4.78, 5) is 28.6. The van der Waals surface area contributed by atoms with Gasteiger partial charge in [-0.05, 0) is 42.2 Å². The highest BCUT2D eigenvalue weighted by Gasteiger charge is 2.49. The second-order valence-electron chi connectivity index (χ2n) is 7.61. The molecule has 2 aliphatic heterocycles. The minimum absolute atomic E-state index is 0.0809. The first kappa shape index (κ1) is 18.6. The van der Waals surface area contributed by atoms with Gasteiger partial charge in [-0.2, -0.15) is 0 Å². The van der Waals surface area contributed by atoms with E-state index >= 15 is 0 Å². The lowest BCUT2D eigenvalue weighted by atomic mass is 9.83. The zero-order valence-corrected chi connectivity index (χ0v) is 16.0. The van der Waals surface area contributed by atoms with Crippen molar-refractivity contribution in [2.24, 2.45) is 0 Å². The number of carbonyl (C=O) groups is 2. The molecule has 0 saturated carbocycles. The molecule has 28 heavy (non-hydrogen) atoms. The number of fused-ring (bicyclic) bond motifs is 2. The summed E-state index contributed by atoms with van der Waals surface area (Å²) in [6.45, 7) is 0.985. The summed E-state index contributed by atoms with van der Waals surface area (Å²) in [5.41, 5.74) is 1.73. The number of nitrogens with zero attached hydrogens (tertiary/aromatic N) is 2. The van der Waals surface area contributed by atoms with E-state index in [2.05, 4.69) is 0 Å². The Morgan fingerprint density at radius 2 is 1.82 bits per heavy atom. The average Bonchev–Trinajstić information content (AvgIpc) is 3.02. The number of likely N-dealkylation sites (tertiary alicyclic amines) is 1. The van der Waals surface area contributed by atoms with E-state index in [-0.39, 0.29) is 11.8 Å². The third-order valence-electron chi connectivity index (χ3n) is 5.67. The first-order valence-electron chi connectivity index (χ1n) is 9.44. The fourth-order valence-corrected chi connectivity index (χ4v) is 4.17. The third-order valence-corrected chi connectivity index (χ3v) is 5.67. The van der Waals surface area contributed by atoms with Crippen molar-refractivity contribution in [3.63, 3.8) is 0 Å². The number of benzene rings is 2. The third kappa shape index (κ3) is 3.07. The molecule has 2 heterocycles. The van der Waals surface area contributed by atoms with Gasteiger partial charge in [-0.25, -0.2) is 4.39 Å². The van der Waals surface area contributed by atoms with Gasteiger partial charge in [0.25, 0.3) is 11.8 Å². The van der Waals surface area contributed by atoms with Crippen LogP contribution >= 0.6 is 0 Å². The molecule has 0 bridgehead atoms. The maximum Gasteiger partial charge on any atom is 0.255 e. The molecule has 5 nitrogen and oxygen atoms in total. The van der Waals surface area contributed by atoms with Gasteiger partial charge in [-0.3, -0.25) is 9.59 Å². The average molecular weight is 382 g/mol. The molecule has 0 aliphatic carbocycles. The van der Waals surface area contributed by atoms with Gasteiger partial charge in [0, 0.05) is 32.7 Å². The molecule has 146 valence electrons. The van der Waals surface area contributed by atoms with Gasteiger partial charge < -0.3 is 14.5 Å². The molecule has 4 rings (SSSR count). The number of amides is 2. The molecule has 2 aromatic rings. The minimum Gasteiger partial charge on any atom is -0.352 e. The van der Waals surface area contributed by atoms with E-state index in [0.29, 0.717) is 31.5 Å². The molecule has 6 heteroatoms. The van der Waals surface area contributed by atoms with E-state index in [4.69, 9.17) is 4.74 Å². The highest BCUT2D eigenvalue weighted by Crippen LogP contribution is 2.49. The van der Waals surface area contributed by atoms with E-state index in [1.165, 1.54) is 12.1 Å². The predicted molar refractivity (Wildman–Crippen MR) is 102 cm³/mol. The number of carbonyl (C=O) groups excluding carboxylic acids is 2. The van der Waals surface area contributed by atoms with Crippen LogP contribution in [0.15, 0.2) is 48.5 Å². The van der Waals surface area contributed by atoms with E-state index in [9.17, 15) is 14.0 Å². The van der Waals surface area contributed by atoms with Crippen LogP contribution in [0.25, 0.3) is 0 Å². The highest BCUT2D eigenvalue weighted by molar-refractivity contribution is 5.94. The summed E-state index contributed by atoms with van der Waals surface area (Å²) in [6.07, 6.45) is 0.585. The fourth-order valence-electron chi connectivity index (χ4n) is 4.17. The van der Waals surface area contributed by atoms with Gasteiger partial charge in [-0.15, -0.1) is 0 Å². The number of likely N-dealkylation sites (N-methyl/N-ethyl adjacent to an activating group) is 1. The van der Waals surface area contributed by atoms with Gasteiger partial charge in [-0.1, -0.05) is 30.3 Å². The Balaban J connectivity index is 1.55. The van der Waals surface area contributed by atoms with Crippen LogP contribution < -0.4 is 0 Å². The van der Waals surface area contributed by atoms with E-state index in [0.717, 1.165) is 11.1 Å². The molecule has 1 atom stereocenters. The van der Waals surface area contributed by atoms with Crippen LogP contribution in [0, 0.1) is 5.82 Å². The van der Waals surface area contributed by atoms with Crippen LogP contribution in [0.2, 0.25) is 0 Å². The topological polar surface area (TPSA) is 49.9 Å². The van der Waals surface area contributed by atoms with Crippen molar-refractivity contribution >= 4 is 11.8 Å². The SMILES string of the molecule is CN(C)C(=O)[C@@H]1OC2(CCN(C(=O)c3cccc(F)c3)CC2)c2ccccc21. The lowest BCUT2D eigenvalue weighted by molar-refractivity contribution is -0.157. The van der Waals surface area contributed by atoms with Gasteiger partial charge >= 0.3 is 0 Å². The first-order valence-corrected chi connectivity index (χ1v) is 9.44.